The van der Waals surface area contributed by atoms with E-state index in [2.05, 4.69) is 5.32 Å². The van der Waals surface area contributed by atoms with Crippen molar-refractivity contribution >= 4 is 21.6 Å². The van der Waals surface area contributed by atoms with Crippen LogP contribution in [0.3, 0.4) is 0 Å². The number of rotatable bonds is 3. The normalized spacial score (nSPS) is 18.6. The molecule has 0 fully saturated rings. The van der Waals surface area contributed by atoms with Gasteiger partial charge in [0.2, 0.25) is 0 Å². The number of hydrogen-bond acceptors (Lipinski definition) is 4. The van der Waals surface area contributed by atoms with Gasteiger partial charge in [-0.1, -0.05) is 13.0 Å². The minimum Gasteiger partial charge on any atom is -0.387 e. The quantitative estimate of drug-likeness (QED) is 0.905. The Morgan fingerprint density at radius 1 is 1.39 bits per heavy atom. The van der Waals surface area contributed by atoms with Crippen molar-refractivity contribution in [1.29, 1.82) is 0 Å². The van der Waals surface area contributed by atoms with Gasteiger partial charge in [-0.2, -0.15) is 0 Å². The van der Waals surface area contributed by atoms with E-state index in [1.54, 1.807) is 26.1 Å². The second kappa shape index (κ2) is 4.28. The number of sulfonamides is 1. The summed E-state index contributed by atoms with van der Waals surface area (Å²) in [6.45, 7) is 3.59. The largest absolute Gasteiger partial charge is 0.387 e. The molecule has 6 heteroatoms. The molecule has 1 aromatic carbocycles. The van der Waals surface area contributed by atoms with E-state index in [-0.39, 0.29) is 16.5 Å². The van der Waals surface area contributed by atoms with Gasteiger partial charge in [0.05, 0.1) is 5.56 Å². The Morgan fingerprint density at radius 2 is 2.06 bits per heavy atom. The third-order valence-electron chi connectivity index (χ3n) is 3.24. The molecule has 1 unspecified atom stereocenters. The van der Waals surface area contributed by atoms with E-state index in [1.807, 2.05) is 6.92 Å². The third kappa shape index (κ3) is 1.59. The van der Waals surface area contributed by atoms with Crippen molar-refractivity contribution in [2.45, 2.75) is 31.2 Å². The molecule has 5 nitrogen and oxygen atoms in total. The van der Waals surface area contributed by atoms with Gasteiger partial charge in [-0.25, -0.2) is 12.7 Å². The minimum absolute atomic E-state index is 0.0969. The highest BCUT2D eigenvalue weighted by atomic mass is 32.2. The second-order valence-electron chi connectivity index (χ2n) is 4.29. The Labute approximate surface area is 107 Å². The fraction of sp³-hybridized carbons (Fsp3) is 0.417. The molecule has 0 spiro atoms. The van der Waals surface area contributed by atoms with Gasteiger partial charge in [0.1, 0.15) is 4.90 Å². The maximum Gasteiger partial charge on any atom is 0.271 e. The number of nitrogens with one attached hydrogen (secondary N) is 1. The Hall–Kier alpha value is -1.56. The molecule has 1 atom stereocenters. The number of carbonyl (C=O) groups excluding carboxylic acids is 1. The maximum atomic E-state index is 12.3. The van der Waals surface area contributed by atoms with Gasteiger partial charge in [-0.3, -0.25) is 4.79 Å². The maximum absolute atomic E-state index is 12.3. The summed E-state index contributed by atoms with van der Waals surface area (Å²) < 4.78 is 25.7. The molecule has 0 saturated heterocycles. The molecule has 0 aliphatic carbocycles. The first-order chi connectivity index (χ1) is 8.45. The molecule has 1 aliphatic rings. The van der Waals surface area contributed by atoms with Gasteiger partial charge >= 0.3 is 0 Å². The van der Waals surface area contributed by atoms with Gasteiger partial charge in [0.25, 0.3) is 15.9 Å². The zero-order valence-electron chi connectivity index (χ0n) is 10.6. The summed E-state index contributed by atoms with van der Waals surface area (Å²) in [6.07, 6.45) is 0.591. The molecular weight excluding hydrogens is 252 g/mol. The van der Waals surface area contributed by atoms with Gasteiger partial charge in [-0.05, 0) is 25.5 Å². The van der Waals surface area contributed by atoms with Crippen molar-refractivity contribution in [2.24, 2.45) is 0 Å². The summed E-state index contributed by atoms with van der Waals surface area (Å²) in [4.78, 5) is 12.4. The molecule has 0 aromatic heterocycles. The lowest BCUT2D eigenvalue weighted by molar-refractivity contribution is 0.0838. The van der Waals surface area contributed by atoms with Crippen molar-refractivity contribution in [3.8, 4) is 0 Å². The van der Waals surface area contributed by atoms with Crippen LogP contribution < -0.4 is 5.32 Å². The zero-order chi connectivity index (χ0) is 13.5. The predicted octanol–water partition coefficient (Wildman–Crippen LogP) is 1.67. The Balaban J connectivity index is 2.68. The Bertz CT molecular complexity index is 595. The molecule has 1 heterocycles. The zero-order valence-corrected chi connectivity index (χ0v) is 11.4. The molecule has 98 valence electrons. The Kier molecular flexibility index (Phi) is 3.06. The molecule has 0 radical (unpaired) electrons. The Morgan fingerprint density at radius 3 is 2.61 bits per heavy atom. The van der Waals surface area contributed by atoms with E-state index < -0.39 is 15.9 Å². The van der Waals surface area contributed by atoms with Crippen molar-refractivity contribution in [1.82, 2.24) is 4.31 Å². The molecule has 2 rings (SSSR count). The van der Waals surface area contributed by atoms with E-state index in [4.69, 9.17) is 0 Å². The number of hydrogen-bond donors (Lipinski definition) is 1. The average molecular weight is 268 g/mol. The monoisotopic (exact) mass is 268 g/mol. The van der Waals surface area contributed by atoms with Gasteiger partial charge in [0.15, 0.2) is 0 Å². The lowest BCUT2D eigenvalue weighted by Crippen LogP contribution is -2.37. The second-order valence-corrected chi connectivity index (χ2v) is 6.08. The lowest BCUT2D eigenvalue weighted by Gasteiger charge is -2.21. The molecule has 1 amide bonds. The van der Waals surface area contributed by atoms with Crippen LogP contribution in [0.1, 0.15) is 30.6 Å². The third-order valence-corrected chi connectivity index (χ3v) is 5.18. The summed E-state index contributed by atoms with van der Waals surface area (Å²) >= 11 is 0. The van der Waals surface area contributed by atoms with E-state index in [9.17, 15) is 13.2 Å². The number of carbonyl (C=O) groups is 1. The first kappa shape index (κ1) is 12.9. The molecule has 1 aromatic rings. The highest BCUT2D eigenvalue weighted by Gasteiger charge is 2.44. The van der Waals surface area contributed by atoms with Crippen LogP contribution >= 0.6 is 0 Å². The van der Waals surface area contributed by atoms with E-state index in [0.717, 1.165) is 4.31 Å². The first-order valence-corrected chi connectivity index (χ1v) is 7.28. The van der Waals surface area contributed by atoms with E-state index >= 15 is 0 Å². The van der Waals surface area contributed by atoms with Gasteiger partial charge < -0.3 is 5.32 Å². The SMILES string of the molecule is CCC(C)N1C(=O)c2c(NC)cccc2S1(=O)=O. The van der Waals surface area contributed by atoms with Crippen molar-refractivity contribution in [3.05, 3.63) is 23.8 Å². The lowest BCUT2D eigenvalue weighted by atomic mass is 10.1. The van der Waals surface area contributed by atoms with Crippen LogP contribution in [0.4, 0.5) is 5.69 Å². The van der Waals surface area contributed by atoms with Gasteiger partial charge in [-0.15, -0.1) is 0 Å². The summed E-state index contributed by atoms with van der Waals surface area (Å²) in [7, 11) is -2.03. The van der Waals surface area contributed by atoms with E-state index in [1.165, 1.54) is 6.07 Å². The standard InChI is InChI=1S/C12H16N2O3S/c1-4-8(2)14-12(15)11-9(13-3)6-5-7-10(11)18(14,16)17/h5-8,13H,4H2,1-3H3. The number of amides is 1. The molecule has 1 N–H and O–H groups in total. The van der Waals surface area contributed by atoms with Crippen molar-refractivity contribution in [3.63, 3.8) is 0 Å². The van der Waals surface area contributed by atoms with Crippen LogP contribution in [0.15, 0.2) is 23.1 Å². The van der Waals surface area contributed by atoms with Crippen LogP contribution in [0, 0.1) is 0 Å². The number of fused-ring (bicyclic) bond motifs is 1. The number of nitrogens with zero attached hydrogens (tertiary/aromatic N) is 1. The molecular formula is C12H16N2O3S. The molecule has 1 aliphatic heterocycles. The average Bonchev–Trinajstić information content (AvgIpc) is 2.56. The minimum atomic E-state index is -3.70. The molecule has 0 saturated carbocycles. The predicted molar refractivity (Wildman–Crippen MR) is 69.1 cm³/mol. The highest BCUT2D eigenvalue weighted by molar-refractivity contribution is 7.90. The van der Waals surface area contributed by atoms with Crippen LogP contribution in [-0.4, -0.2) is 31.7 Å². The fourth-order valence-electron chi connectivity index (χ4n) is 2.10. The summed E-state index contributed by atoms with van der Waals surface area (Å²) in [5.74, 6) is -0.440. The molecule has 18 heavy (non-hydrogen) atoms. The summed E-state index contributed by atoms with van der Waals surface area (Å²) in [5, 5.41) is 2.86. The van der Waals surface area contributed by atoms with Crippen LogP contribution in [-0.2, 0) is 10.0 Å². The van der Waals surface area contributed by atoms with E-state index in [0.29, 0.717) is 12.1 Å². The van der Waals surface area contributed by atoms with Gasteiger partial charge in [0, 0.05) is 18.8 Å². The summed E-state index contributed by atoms with van der Waals surface area (Å²) in [5.41, 5.74) is 0.798. The smallest absolute Gasteiger partial charge is 0.271 e. The van der Waals surface area contributed by atoms with Crippen LogP contribution in [0.2, 0.25) is 0 Å². The molecule has 0 bridgehead atoms. The van der Waals surface area contributed by atoms with Crippen LogP contribution in [0.5, 0.6) is 0 Å². The van der Waals surface area contributed by atoms with Crippen molar-refractivity contribution in [2.75, 3.05) is 12.4 Å². The fourth-order valence-corrected chi connectivity index (χ4v) is 3.95. The van der Waals surface area contributed by atoms with Crippen LogP contribution in [0.25, 0.3) is 0 Å². The number of benzene rings is 1. The first-order valence-electron chi connectivity index (χ1n) is 5.84. The van der Waals surface area contributed by atoms with Crippen molar-refractivity contribution < 1.29 is 13.2 Å². The number of anilines is 1. The topological polar surface area (TPSA) is 66.5 Å². The highest BCUT2D eigenvalue weighted by Crippen LogP contribution is 2.36. The summed E-state index contributed by atoms with van der Waals surface area (Å²) in [6, 6.07) is 4.48.